The van der Waals surface area contributed by atoms with Gasteiger partial charge in [0, 0.05) is 18.2 Å². The van der Waals surface area contributed by atoms with Crippen molar-refractivity contribution in [1.82, 2.24) is 10.2 Å². The molecule has 0 aliphatic carbocycles. The smallest absolute Gasteiger partial charge is 0.353 e. The molecule has 0 saturated carbocycles. The standard InChI is InChI=1S/C10H6F3N3O4S/c11-4-1-5(12)9(6(13)2-4)21(19,20)16-8-3-7(10(17)18)14-15-8/h1-3H,(H,17,18)(H2,14,15,16). The van der Waals surface area contributed by atoms with Crippen LogP contribution in [0.4, 0.5) is 19.0 Å². The van der Waals surface area contributed by atoms with Gasteiger partial charge in [-0.1, -0.05) is 0 Å². The molecule has 7 nitrogen and oxygen atoms in total. The fourth-order valence-electron chi connectivity index (χ4n) is 1.46. The van der Waals surface area contributed by atoms with Crippen LogP contribution in [0, 0.1) is 17.5 Å². The molecule has 0 spiro atoms. The van der Waals surface area contributed by atoms with E-state index in [1.807, 2.05) is 5.10 Å². The Labute approximate surface area is 115 Å². The average molecular weight is 321 g/mol. The lowest BCUT2D eigenvalue weighted by Gasteiger charge is -2.07. The minimum atomic E-state index is -4.75. The van der Waals surface area contributed by atoms with Crippen molar-refractivity contribution in [1.29, 1.82) is 0 Å². The quantitative estimate of drug-likeness (QED) is 0.786. The first-order valence-corrected chi connectivity index (χ1v) is 6.65. The van der Waals surface area contributed by atoms with E-state index in [0.717, 1.165) is 6.07 Å². The first-order chi connectivity index (χ1) is 9.70. The van der Waals surface area contributed by atoms with Gasteiger partial charge >= 0.3 is 5.97 Å². The van der Waals surface area contributed by atoms with Gasteiger partial charge in [-0.15, -0.1) is 0 Å². The maximum absolute atomic E-state index is 13.4. The summed E-state index contributed by atoms with van der Waals surface area (Å²) in [5.41, 5.74) is -0.437. The van der Waals surface area contributed by atoms with Crippen molar-refractivity contribution in [3.05, 3.63) is 41.3 Å². The van der Waals surface area contributed by atoms with E-state index < -0.39 is 49.9 Å². The van der Waals surface area contributed by atoms with E-state index in [0.29, 0.717) is 0 Å². The molecule has 0 radical (unpaired) electrons. The first kappa shape index (κ1) is 14.8. The number of sulfonamides is 1. The van der Waals surface area contributed by atoms with Gasteiger partial charge in [-0.25, -0.2) is 26.4 Å². The molecule has 0 aliphatic rings. The van der Waals surface area contributed by atoms with Gasteiger partial charge in [0.05, 0.1) is 0 Å². The number of carboxylic acid groups (broad SMARTS) is 1. The number of H-pyrrole nitrogens is 1. The van der Waals surface area contributed by atoms with Crippen LogP contribution in [0.15, 0.2) is 23.1 Å². The molecular formula is C10H6F3N3O4S. The summed E-state index contributed by atoms with van der Waals surface area (Å²) < 4.78 is 64.9. The van der Waals surface area contributed by atoms with Gasteiger partial charge in [0.1, 0.15) is 23.1 Å². The largest absolute Gasteiger partial charge is 0.477 e. The Kier molecular flexibility index (Phi) is 3.60. The molecule has 2 aromatic rings. The Morgan fingerprint density at radius 2 is 1.76 bits per heavy atom. The summed E-state index contributed by atoms with van der Waals surface area (Å²) in [7, 11) is -4.75. The summed E-state index contributed by atoms with van der Waals surface area (Å²) in [5.74, 6) is -6.44. The van der Waals surface area contributed by atoms with Crippen molar-refractivity contribution in [2.45, 2.75) is 4.90 Å². The minimum absolute atomic E-state index is 0.199. The van der Waals surface area contributed by atoms with E-state index in [2.05, 4.69) is 5.10 Å². The van der Waals surface area contributed by atoms with E-state index in [1.165, 1.54) is 0 Å². The molecule has 1 aromatic heterocycles. The van der Waals surface area contributed by atoms with E-state index in [1.54, 1.807) is 4.72 Å². The third-order valence-electron chi connectivity index (χ3n) is 2.28. The van der Waals surface area contributed by atoms with Gasteiger partial charge in [-0.2, -0.15) is 5.10 Å². The molecule has 0 amide bonds. The minimum Gasteiger partial charge on any atom is -0.477 e. The number of carbonyl (C=O) groups is 1. The zero-order valence-electron chi connectivity index (χ0n) is 9.89. The fraction of sp³-hybridized carbons (Fsp3) is 0. The Hall–Kier alpha value is -2.56. The SMILES string of the molecule is O=C(O)c1cc(NS(=O)(=O)c2c(F)cc(F)cc2F)n[nH]1. The molecule has 21 heavy (non-hydrogen) atoms. The first-order valence-electron chi connectivity index (χ1n) is 5.17. The van der Waals surface area contributed by atoms with Crippen LogP contribution in [0.1, 0.15) is 10.5 Å². The predicted octanol–water partition coefficient (Wildman–Crippen LogP) is 1.33. The van der Waals surface area contributed by atoms with Gasteiger partial charge in [0.15, 0.2) is 10.7 Å². The van der Waals surface area contributed by atoms with Crippen LogP contribution in [-0.4, -0.2) is 29.7 Å². The molecule has 11 heteroatoms. The Bertz CT molecular complexity index is 796. The molecule has 0 fully saturated rings. The number of anilines is 1. The molecule has 2 rings (SSSR count). The lowest BCUT2D eigenvalue weighted by Crippen LogP contribution is -2.17. The lowest BCUT2D eigenvalue weighted by atomic mass is 10.3. The van der Waals surface area contributed by atoms with Crippen molar-refractivity contribution in [2.24, 2.45) is 0 Å². The van der Waals surface area contributed by atoms with Crippen molar-refractivity contribution < 1.29 is 31.5 Å². The third-order valence-corrected chi connectivity index (χ3v) is 3.68. The molecule has 3 N–H and O–H groups in total. The third kappa shape index (κ3) is 2.97. The van der Waals surface area contributed by atoms with Gasteiger partial charge in [0.25, 0.3) is 10.0 Å². The van der Waals surface area contributed by atoms with Crippen molar-refractivity contribution in [3.63, 3.8) is 0 Å². The number of benzene rings is 1. The number of nitrogens with zero attached hydrogens (tertiary/aromatic N) is 1. The van der Waals surface area contributed by atoms with Crippen molar-refractivity contribution in [3.8, 4) is 0 Å². The number of aromatic carboxylic acids is 1. The summed E-state index contributed by atoms with van der Waals surface area (Å²) in [5, 5.41) is 13.9. The topological polar surface area (TPSA) is 112 Å². The number of rotatable bonds is 4. The summed E-state index contributed by atoms with van der Waals surface area (Å²) in [6.07, 6.45) is 0. The summed E-state index contributed by atoms with van der Waals surface area (Å²) in [6.45, 7) is 0. The molecule has 0 saturated heterocycles. The summed E-state index contributed by atoms with van der Waals surface area (Å²) >= 11 is 0. The number of halogens is 3. The van der Waals surface area contributed by atoms with E-state index in [-0.39, 0.29) is 12.1 Å². The van der Waals surface area contributed by atoms with Crippen molar-refractivity contribution >= 4 is 21.8 Å². The van der Waals surface area contributed by atoms with Crippen LogP contribution in [0.2, 0.25) is 0 Å². The highest BCUT2D eigenvalue weighted by Crippen LogP contribution is 2.22. The summed E-state index contributed by atoms with van der Waals surface area (Å²) in [6, 6.07) is 1.20. The van der Waals surface area contributed by atoms with Crippen LogP contribution in [0.25, 0.3) is 0 Å². The maximum atomic E-state index is 13.4. The molecule has 1 aromatic carbocycles. The number of hydrogen-bond donors (Lipinski definition) is 3. The zero-order valence-corrected chi connectivity index (χ0v) is 10.7. The Morgan fingerprint density at radius 1 is 1.19 bits per heavy atom. The highest BCUT2D eigenvalue weighted by atomic mass is 32.2. The van der Waals surface area contributed by atoms with Crippen LogP contribution in [-0.2, 0) is 10.0 Å². The highest BCUT2D eigenvalue weighted by Gasteiger charge is 2.26. The summed E-state index contributed by atoms with van der Waals surface area (Å²) in [4.78, 5) is 9.19. The van der Waals surface area contributed by atoms with Gasteiger partial charge in [-0.05, 0) is 0 Å². The normalized spacial score (nSPS) is 11.4. The molecular weight excluding hydrogens is 315 g/mol. The van der Waals surface area contributed by atoms with Gasteiger partial charge < -0.3 is 5.11 Å². The molecule has 1 heterocycles. The molecule has 0 aliphatic heterocycles. The predicted molar refractivity (Wildman–Crippen MR) is 62.7 cm³/mol. The molecule has 112 valence electrons. The number of aromatic nitrogens is 2. The van der Waals surface area contributed by atoms with E-state index in [9.17, 15) is 26.4 Å². The second-order valence-corrected chi connectivity index (χ2v) is 5.40. The van der Waals surface area contributed by atoms with E-state index >= 15 is 0 Å². The van der Waals surface area contributed by atoms with Crippen molar-refractivity contribution in [2.75, 3.05) is 4.72 Å². The number of carboxylic acids is 1. The van der Waals surface area contributed by atoms with Crippen LogP contribution < -0.4 is 4.72 Å². The second kappa shape index (κ2) is 5.09. The van der Waals surface area contributed by atoms with Crippen LogP contribution in [0.3, 0.4) is 0 Å². The maximum Gasteiger partial charge on any atom is 0.353 e. The molecule has 0 bridgehead atoms. The van der Waals surface area contributed by atoms with Crippen LogP contribution in [0.5, 0.6) is 0 Å². The van der Waals surface area contributed by atoms with Crippen LogP contribution >= 0.6 is 0 Å². The van der Waals surface area contributed by atoms with Gasteiger partial charge in [-0.3, -0.25) is 9.82 Å². The number of nitrogens with one attached hydrogen (secondary N) is 2. The molecule has 0 atom stereocenters. The van der Waals surface area contributed by atoms with Gasteiger partial charge in [0.2, 0.25) is 0 Å². The fourth-order valence-corrected chi connectivity index (χ4v) is 2.57. The Balaban J connectivity index is 2.41. The number of hydrogen-bond acceptors (Lipinski definition) is 4. The zero-order chi connectivity index (χ0) is 15.8. The second-order valence-electron chi connectivity index (χ2n) is 3.78. The average Bonchev–Trinajstić information content (AvgIpc) is 2.74. The molecule has 0 unspecified atom stereocenters. The monoisotopic (exact) mass is 321 g/mol. The number of aromatic amines is 1. The lowest BCUT2D eigenvalue weighted by molar-refractivity contribution is 0.0690. The highest BCUT2D eigenvalue weighted by molar-refractivity contribution is 7.92. The van der Waals surface area contributed by atoms with E-state index in [4.69, 9.17) is 5.11 Å². The Morgan fingerprint density at radius 3 is 2.24 bits per heavy atom.